The van der Waals surface area contributed by atoms with E-state index in [0.717, 1.165) is 17.8 Å². The van der Waals surface area contributed by atoms with E-state index in [1.54, 1.807) is 0 Å². The average molecular weight is 355 g/mol. The average Bonchev–Trinajstić information content (AvgIpc) is 3.33. The van der Waals surface area contributed by atoms with Crippen molar-refractivity contribution in [1.82, 2.24) is 0 Å². The minimum atomic E-state index is 0.972. The third-order valence-corrected chi connectivity index (χ3v) is 7.05. The van der Waals surface area contributed by atoms with Crippen LogP contribution in [0.15, 0.2) is 66.9 Å². The molecule has 1 heterocycles. The van der Waals surface area contributed by atoms with Crippen LogP contribution >= 0.6 is 0 Å². The fourth-order valence-corrected chi connectivity index (χ4v) is 5.34. The molecule has 136 valence electrons. The van der Waals surface area contributed by atoms with E-state index in [1.165, 1.54) is 59.2 Å². The van der Waals surface area contributed by atoms with Gasteiger partial charge in [0.25, 0.3) is 0 Å². The lowest BCUT2D eigenvalue weighted by Gasteiger charge is -2.36. The molecule has 2 aromatic carbocycles. The molecule has 1 nitrogen and oxygen atoms in total. The second-order valence-corrected chi connectivity index (χ2v) is 8.62. The summed E-state index contributed by atoms with van der Waals surface area (Å²) in [5.41, 5.74) is 8.00. The van der Waals surface area contributed by atoms with E-state index in [2.05, 4.69) is 85.4 Å². The Balaban J connectivity index is 1.41. The summed E-state index contributed by atoms with van der Waals surface area (Å²) in [4.78, 5) is 0. The predicted molar refractivity (Wildman–Crippen MR) is 111 cm³/mol. The van der Waals surface area contributed by atoms with Crippen molar-refractivity contribution in [2.45, 2.75) is 32.6 Å². The number of hydrogen-bond acceptors (Lipinski definition) is 0. The topological polar surface area (TPSA) is 3.88 Å². The Kier molecular flexibility index (Phi) is 4.11. The first-order valence-electron chi connectivity index (χ1n) is 10.3. The molecule has 0 radical (unpaired) electrons. The number of hydrogen-bond donors (Lipinski definition) is 0. The summed E-state index contributed by atoms with van der Waals surface area (Å²) in [5.74, 6) is 3.03. The van der Waals surface area contributed by atoms with Crippen molar-refractivity contribution in [3.05, 3.63) is 78.0 Å². The van der Waals surface area contributed by atoms with E-state index in [1.807, 2.05) is 0 Å². The van der Waals surface area contributed by atoms with Crippen LogP contribution in [0, 0.1) is 24.7 Å². The number of rotatable bonds is 4. The molecule has 27 heavy (non-hydrogen) atoms. The molecule has 3 fully saturated rings. The van der Waals surface area contributed by atoms with Gasteiger partial charge in [-0.2, -0.15) is 0 Å². The third-order valence-electron chi connectivity index (χ3n) is 7.05. The van der Waals surface area contributed by atoms with Gasteiger partial charge >= 0.3 is 0 Å². The van der Waals surface area contributed by atoms with Crippen molar-refractivity contribution < 1.29 is 4.57 Å². The minimum absolute atomic E-state index is 0.972. The van der Waals surface area contributed by atoms with Crippen molar-refractivity contribution in [1.29, 1.82) is 0 Å². The summed E-state index contributed by atoms with van der Waals surface area (Å²) in [7, 11) is 2.13. The van der Waals surface area contributed by atoms with E-state index in [9.17, 15) is 0 Å². The largest absolute Gasteiger partial charge is 0.213 e. The Labute approximate surface area is 162 Å². The minimum Gasteiger partial charge on any atom is -0.201 e. The zero-order valence-electron chi connectivity index (χ0n) is 16.4. The van der Waals surface area contributed by atoms with Crippen molar-refractivity contribution in [3.63, 3.8) is 0 Å². The number of aromatic nitrogens is 1. The van der Waals surface area contributed by atoms with E-state index >= 15 is 0 Å². The van der Waals surface area contributed by atoms with Gasteiger partial charge in [0.2, 0.25) is 5.69 Å². The third kappa shape index (κ3) is 3.00. The lowest BCUT2D eigenvalue weighted by Crippen LogP contribution is -2.30. The SMILES string of the molecule is Cc1ccccc1-c1cc(-c2ccc(CC3C4CCC3C4)cc2)cc[n+]1C. The predicted octanol–water partition coefficient (Wildman–Crippen LogP) is 5.74. The fraction of sp³-hybridized carbons (Fsp3) is 0.346. The molecular formula is C26H28N+. The molecule has 6 rings (SSSR count). The van der Waals surface area contributed by atoms with Gasteiger partial charge in [0.15, 0.2) is 6.20 Å². The molecule has 0 aliphatic heterocycles. The molecule has 0 saturated heterocycles. The van der Waals surface area contributed by atoms with E-state index in [-0.39, 0.29) is 0 Å². The zero-order chi connectivity index (χ0) is 18.4. The maximum absolute atomic E-state index is 2.35. The molecule has 3 aliphatic rings. The summed E-state index contributed by atoms with van der Waals surface area (Å²) < 4.78 is 2.21. The van der Waals surface area contributed by atoms with Gasteiger partial charge in [-0.15, -0.1) is 0 Å². The molecule has 1 aromatic heterocycles. The van der Waals surface area contributed by atoms with Gasteiger partial charge in [0.05, 0.1) is 0 Å². The van der Waals surface area contributed by atoms with Gasteiger partial charge in [-0.1, -0.05) is 42.5 Å². The molecule has 2 atom stereocenters. The second-order valence-electron chi connectivity index (χ2n) is 8.62. The van der Waals surface area contributed by atoms with Gasteiger partial charge in [0, 0.05) is 17.7 Å². The Morgan fingerprint density at radius 1 is 0.889 bits per heavy atom. The molecule has 0 spiro atoms. The number of benzene rings is 2. The number of aryl methyl sites for hydroxylation is 2. The highest BCUT2D eigenvalue weighted by molar-refractivity contribution is 5.70. The van der Waals surface area contributed by atoms with E-state index in [4.69, 9.17) is 0 Å². The summed E-state index contributed by atoms with van der Waals surface area (Å²) in [6.45, 7) is 2.18. The van der Waals surface area contributed by atoms with Crippen LogP contribution < -0.4 is 4.57 Å². The molecule has 0 amide bonds. The molecule has 3 aliphatic carbocycles. The summed E-state index contributed by atoms with van der Waals surface area (Å²) in [6, 6.07) is 22.5. The summed E-state index contributed by atoms with van der Waals surface area (Å²) >= 11 is 0. The van der Waals surface area contributed by atoms with Gasteiger partial charge in [-0.05, 0) is 78.7 Å². The number of nitrogens with zero attached hydrogens (tertiary/aromatic N) is 1. The summed E-state index contributed by atoms with van der Waals surface area (Å²) in [6.07, 6.45) is 7.93. The Hall–Kier alpha value is -2.41. The second kappa shape index (κ2) is 6.64. The van der Waals surface area contributed by atoms with E-state index in [0.29, 0.717) is 0 Å². The molecule has 2 bridgehead atoms. The molecule has 0 N–H and O–H groups in total. The van der Waals surface area contributed by atoms with E-state index < -0.39 is 0 Å². The molecule has 3 saturated carbocycles. The highest BCUT2D eigenvalue weighted by atomic mass is 14.9. The Morgan fingerprint density at radius 3 is 2.33 bits per heavy atom. The van der Waals surface area contributed by atoms with Gasteiger partial charge in [-0.25, -0.2) is 4.57 Å². The van der Waals surface area contributed by atoms with Crippen LogP contribution in [0.4, 0.5) is 0 Å². The Morgan fingerprint density at radius 2 is 1.63 bits per heavy atom. The normalized spacial score (nSPS) is 23.3. The van der Waals surface area contributed by atoms with Crippen molar-refractivity contribution >= 4 is 0 Å². The molecule has 1 heteroatoms. The van der Waals surface area contributed by atoms with Crippen LogP contribution in [0.1, 0.15) is 30.4 Å². The fourth-order valence-electron chi connectivity index (χ4n) is 5.34. The monoisotopic (exact) mass is 354 g/mol. The first-order chi connectivity index (χ1) is 13.2. The van der Waals surface area contributed by atoms with Crippen molar-refractivity contribution in [2.75, 3.05) is 0 Å². The quantitative estimate of drug-likeness (QED) is 0.526. The maximum Gasteiger partial charge on any atom is 0.213 e. The lowest BCUT2D eigenvalue weighted by molar-refractivity contribution is -0.660. The Bertz CT molecular complexity index is 956. The van der Waals surface area contributed by atoms with Crippen LogP contribution in [-0.2, 0) is 13.5 Å². The van der Waals surface area contributed by atoms with Crippen molar-refractivity contribution in [2.24, 2.45) is 24.8 Å². The summed E-state index contributed by atoms with van der Waals surface area (Å²) in [5, 5.41) is 0. The first-order valence-corrected chi connectivity index (χ1v) is 10.3. The van der Waals surface area contributed by atoms with Crippen molar-refractivity contribution in [3.8, 4) is 22.4 Å². The smallest absolute Gasteiger partial charge is 0.201 e. The van der Waals surface area contributed by atoms with Crippen LogP contribution in [0.5, 0.6) is 0 Å². The lowest BCUT2D eigenvalue weighted by atomic mass is 9.69. The van der Waals surface area contributed by atoms with Gasteiger partial charge < -0.3 is 0 Å². The molecule has 3 aromatic rings. The highest BCUT2D eigenvalue weighted by Gasteiger charge is 2.45. The standard InChI is InChI=1S/C26H28N/c1-18-5-3-4-6-24(18)26-17-21(13-14-27(26)2)20-9-7-19(8-10-20)15-25-22-11-12-23(25)16-22/h3-10,13-14,17,22-23,25H,11-12,15-16H2,1-2H3/q+1. The van der Waals surface area contributed by atoms with Crippen LogP contribution in [-0.4, -0.2) is 0 Å². The van der Waals surface area contributed by atoms with Crippen LogP contribution in [0.25, 0.3) is 22.4 Å². The highest BCUT2D eigenvalue weighted by Crippen LogP contribution is 2.54. The van der Waals surface area contributed by atoms with Crippen LogP contribution in [0.3, 0.4) is 0 Å². The molecule has 2 unspecified atom stereocenters. The van der Waals surface area contributed by atoms with Gasteiger partial charge in [-0.3, -0.25) is 0 Å². The van der Waals surface area contributed by atoms with Crippen LogP contribution in [0.2, 0.25) is 0 Å². The van der Waals surface area contributed by atoms with Gasteiger partial charge in [0.1, 0.15) is 7.05 Å². The maximum atomic E-state index is 2.35. The molecular weight excluding hydrogens is 326 g/mol. The first kappa shape index (κ1) is 16.7. The number of fused-ring (bicyclic) bond motifs is 1. The number of pyridine rings is 1. The zero-order valence-corrected chi connectivity index (χ0v) is 16.4.